The zero-order valence-corrected chi connectivity index (χ0v) is 24.1. The third-order valence-corrected chi connectivity index (χ3v) is 8.72. The Morgan fingerprint density at radius 2 is 0.841 bits per heavy atom. The second-order valence-electron chi connectivity index (χ2n) is 11.8. The summed E-state index contributed by atoms with van der Waals surface area (Å²) in [6, 6.07) is 5.18. The largest absolute Gasteiger partial charge is 0.336 e. The van der Waals surface area contributed by atoms with E-state index in [0.717, 1.165) is 36.4 Å². The van der Waals surface area contributed by atoms with E-state index in [2.05, 4.69) is 0 Å². The lowest BCUT2D eigenvalue weighted by Crippen LogP contribution is -2.73. The Kier molecular flexibility index (Phi) is 7.93. The highest BCUT2D eigenvalue weighted by atomic mass is 16.6. The van der Waals surface area contributed by atoms with Crippen LogP contribution in [0.2, 0.25) is 0 Å². The van der Waals surface area contributed by atoms with Crippen molar-refractivity contribution in [3.05, 3.63) is 88.0 Å². The van der Waals surface area contributed by atoms with Crippen LogP contribution < -0.4 is 0 Å². The van der Waals surface area contributed by atoms with Crippen LogP contribution in [0, 0.1) is 63.1 Å². The van der Waals surface area contributed by atoms with Gasteiger partial charge in [0.05, 0.1) is 53.8 Å². The topological polar surface area (TPSA) is 230 Å². The second kappa shape index (κ2) is 11.1. The SMILES string of the molecule is CC(C)C12CN(C(=O)c3cc([N+](=O)[O-])cc([N+](=O)[O-])c3)CC(C(C)C)(CN(C(=O)c3cc([N+](=O)[O-])cc([N+](=O)[O-])c3)C1)C2=O. The number of nitrogens with zero attached hydrogens (tertiary/aromatic N) is 6. The third-order valence-electron chi connectivity index (χ3n) is 8.72. The van der Waals surface area contributed by atoms with Gasteiger partial charge in [0.25, 0.3) is 34.6 Å². The molecule has 2 aromatic rings. The molecule has 0 saturated carbocycles. The Balaban J connectivity index is 1.81. The van der Waals surface area contributed by atoms with Crippen molar-refractivity contribution in [3.8, 4) is 0 Å². The van der Waals surface area contributed by atoms with Crippen LogP contribution in [-0.2, 0) is 4.79 Å². The number of amides is 2. The molecule has 0 N–H and O–H groups in total. The molecule has 2 saturated heterocycles. The van der Waals surface area contributed by atoms with Crippen LogP contribution in [0.3, 0.4) is 0 Å². The Bertz CT molecular complexity index is 1440. The number of hydrogen-bond donors (Lipinski definition) is 0. The zero-order chi connectivity index (χ0) is 32.9. The molecule has 0 atom stereocenters. The number of nitro groups is 4. The predicted octanol–water partition coefficient (Wildman–Crippen LogP) is 3.79. The van der Waals surface area contributed by atoms with Crippen molar-refractivity contribution >= 4 is 40.3 Å². The van der Waals surface area contributed by atoms with Gasteiger partial charge in [0.15, 0.2) is 5.78 Å². The van der Waals surface area contributed by atoms with Crippen molar-refractivity contribution in [1.82, 2.24) is 9.80 Å². The van der Waals surface area contributed by atoms with Gasteiger partial charge < -0.3 is 9.80 Å². The average Bonchev–Trinajstić information content (AvgIpc) is 2.95. The van der Waals surface area contributed by atoms with Crippen molar-refractivity contribution < 1.29 is 34.1 Å². The summed E-state index contributed by atoms with van der Waals surface area (Å²) in [4.78, 5) is 86.9. The molecular weight excluding hydrogens is 584 g/mol. The van der Waals surface area contributed by atoms with E-state index < -0.39 is 76.9 Å². The van der Waals surface area contributed by atoms with E-state index >= 15 is 0 Å². The molecule has 4 rings (SSSR count). The summed E-state index contributed by atoms with van der Waals surface area (Å²) >= 11 is 0. The van der Waals surface area contributed by atoms with Crippen LogP contribution in [-0.4, -0.2) is 73.3 Å². The van der Waals surface area contributed by atoms with Crippen molar-refractivity contribution in [2.45, 2.75) is 27.7 Å². The highest BCUT2D eigenvalue weighted by molar-refractivity contribution is 6.02. The van der Waals surface area contributed by atoms with Crippen LogP contribution >= 0.6 is 0 Å². The molecule has 0 aromatic heterocycles. The maximum Gasteiger partial charge on any atom is 0.277 e. The molecule has 0 radical (unpaired) electrons. The highest BCUT2D eigenvalue weighted by Gasteiger charge is 2.63. The molecule has 17 heteroatoms. The monoisotopic (exact) mass is 612 g/mol. The number of carbonyl (C=O) groups excluding carboxylic acids is 3. The van der Waals surface area contributed by atoms with Crippen LogP contribution in [0.1, 0.15) is 48.4 Å². The van der Waals surface area contributed by atoms with Gasteiger partial charge >= 0.3 is 0 Å². The number of piperidine rings is 2. The first-order chi connectivity index (χ1) is 20.4. The highest BCUT2D eigenvalue weighted by Crippen LogP contribution is 2.50. The first-order valence-corrected chi connectivity index (χ1v) is 13.4. The molecule has 44 heavy (non-hydrogen) atoms. The van der Waals surface area contributed by atoms with Crippen LogP contribution in [0.25, 0.3) is 0 Å². The number of Topliss-reactive ketones (excluding diaryl/α,β-unsaturated/α-hetero) is 1. The van der Waals surface area contributed by atoms with Crippen molar-refractivity contribution in [2.24, 2.45) is 22.7 Å². The lowest BCUT2D eigenvalue weighted by atomic mass is 9.55. The number of fused-ring (bicyclic) bond motifs is 2. The maximum absolute atomic E-state index is 14.3. The second-order valence-corrected chi connectivity index (χ2v) is 11.8. The first-order valence-electron chi connectivity index (χ1n) is 13.4. The quantitative estimate of drug-likeness (QED) is 0.307. The van der Waals surface area contributed by atoms with Crippen LogP contribution in [0.5, 0.6) is 0 Å². The molecule has 2 fully saturated rings. The van der Waals surface area contributed by atoms with E-state index in [1.807, 2.05) is 0 Å². The van der Waals surface area contributed by atoms with Gasteiger partial charge in [-0.15, -0.1) is 0 Å². The Morgan fingerprint density at radius 1 is 0.591 bits per heavy atom. The molecule has 0 spiro atoms. The minimum absolute atomic E-state index is 0.210. The van der Waals surface area contributed by atoms with Crippen LogP contribution in [0.15, 0.2) is 36.4 Å². The van der Waals surface area contributed by atoms with E-state index in [-0.39, 0.29) is 43.1 Å². The van der Waals surface area contributed by atoms with Gasteiger partial charge in [-0.2, -0.15) is 0 Å². The standard InChI is InChI=1S/C27H28N6O11/c1-15(2)26-11-28(23(34)17-5-19(30(37)38)9-20(6-17)31(39)40)13-27(16(3)4,25(26)36)14-29(12-26)24(35)18-7-21(32(41)42)10-22(8-18)33(43)44/h5-10,15-16H,11-14H2,1-4H3. The fourth-order valence-electron chi connectivity index (χ4n) is 6.12. The first kappa shape index (κ1) is 31.6. The molecule has 0 aliphatic carbocycles. The Labute approximate surface area is 249 Å². The van der Waals surface area contributed by atoms with Gasteiger partial charge in [0, 0.05) is 50.4 Å². The number of benzene rings is 2. The van der Waals surface area contributed by atoms with Gasteiger partial charge in [0.2, 0.25) is 0 Å². The van der Waals surface area contributed by atoms with E-state index in [0.29, 0.717) is 0 Å². The predicted molar refractivity (Wildman–Crippen MR) is 151 cm³/mol. The molecule has 2 heterocycles. The van der Waals surface area contributed by atoms with Gasteiger partial charge in [-0.05, 0) is 11.8 Å². The minimum atomic E-state index is -1.37. The number of nitro benzene ring substituents is 4. The van der Waals surface area contributed by atoms with E-state index in [1.165, 1.54) is 9.80 Å². The fraction of sp³-hybridized carbons (Fsp3) is 0.444. The lowest BCUT2D eigenvalue weighted by Gasteiger charge is -2.60. The van der Waals surface area contributed by atoms with E-state index in [4.69, 9.17) is 0 Å². The van der Waals surface area contributed by atoms with E-state index in [1.54, 1.807) is 27.7 Å². The van der Waals surface area contributed by atoms with Crippen molar-refractivity contribution in [1.29, 1.82) is 0 Å². The van der Waals surface area contributed by atoms with E-state index in [9.17, 15) is 54.8 Å². The molecule has 2 aliphatic heterocycles. The number of rotatable bonds is 8. The third kappa shape index (κ3) is 5.20. The van der Waals surface area contributed by atoms with Gasteiger partial charge in [0.1, 0.15) is 0 Å². The van der Waals surface area contributed by atoms with Crippen molar-refractivity contribution in [2.75, 3.05) is 26.2 Å². The maximum atomic E-state index is 14.3. The molecule has 2 aromatic carbocycles. The summed E-state index contributed by atoms with van der Waals surface area (Å²) < 4.78 is 0. The Morgan fingerprint density at radius 3 is 1.05 bits per heavy atom. The number of non-ortho nitro benzene ring substituents is 4. The summed E-state index contributed by atoms with van der Waals surface area (Å²) in [5.41, 5.74) is -5.99. The molecule has 0 unspecified atom stereocenters. The van der Waals surface area contributed by atoms with Crippen LogP contribution in [0.4, 0.5) is 22.7 Å². The normalized spacial score (nSPS) is 21.4. The number of hydrogen-bond acceptors (Lipinski definition) is 11. The molecule has 2 bridgehead atoms. The summed E-state index contributed by atoms with van der Waals surface area (Å²) in [7, 11) is 0. The van der Waals surface area contributed by atoms with Gasteiger partial charge in [-0.3, -0.25) is 54.8 Å². The smallest absolute Gasteiger partial charge is 0.277 e. The number of likely N-dealkylation sites (tertiary alicyclic amines) is 2. The lowest BCUT2D eigenvalue weighted by molar-refractivity contribution is -0.394. The summed E-state index contributed by atoms with van der Waals surface area (Å²) in [5.74, 6) is -2.70. The number of carbonyl (C=O) groups is 3. The van der Waals surface area contributed by atoms with Crippen molar-refractivity contribution in [3.63, 3.8) is 0 Å². The molecule has 232 valence electrons. The van der Waals surface area contributed by atoms with Gasteiger partial charge in [-0.1, -0.05) is 27.7 Å². The average molecular weight is 613 g/mol. The van der Waals surface area contributed by atoms with Gasteiger partial charge in [-0.25, -0.2) is 0 Å². The fourth-order valence-corrected chi connectivity index (χ4v) is 6.12. The molecule has 2 aliphatic rings. The zero-order valence-electron chi connectivity index (χ0n) is 24.1. The summed E-state index contributed by atoms with van der Waals surface area (Å²) in [5, 5.41) is 45.8. The molecule has 17 nitrogen and oxygen atoms in total. The summed E-state index contributed by atoms with van der Waals surface area (Å²) in [6.07, 6.45) is 0. The molecular formula is C27H28N6O11. The molecule has 2 amide bonds. The minimum Gasteiger partial charge on any atom is -0.336 e. The summed E-state index contributed by atoms with van der Waals surface area (Å²) in [6.45, 7) is 5.97. The number of ketones is 1. The Hall–Kier alpha value is -5.35.